The van der Waals surface area contributed by atoms with Crippen molar-refractivity contribution >= 4 is 12.4 Å². The molecule has 4 nitrogen and oxygen atoms in total. The summed E-state index contributed by atoms with van der Waals surface area (Å²) in [6.07, 6.45) is 1.91. The van der Waals surface area contributed by atoms with Gasteiger partial charge < -0.3 is 10.0 Å². The largest absolute Gasteiger partial charge is 0.481 e. The zero-order chi connectivity index (χ0) is 11.4. The number of hydrogen-bond donors (Lipinski definition) is 1. The third-order valence-electron chi connectivity index (χ3n) is 1.94. The lowest BCUT2D eigenvalue weighted by atomic mass is 10.0. The van der Waals surface area contributed by atoms with Gasteiger partial charge in [-0.2, -0.15) is 0 Å². The van der Waals surface area contributed by atoms with Gasteiger partial charge in [0, 0.05) is 18.5 Å². The molecule has 0 aromatic rings. The first-order chi connectivity index (χ1) is 6.27. The Morgan fingerprint density at radius 1 is 1.50 bits per heavy atom. The number of rotatable bonds is 5. The molecule has 0 fully saturated rings. The van der Waals surface area contributed by atoms with Crippen molar-refractivity contribution < 1.29 is 14.7 Å². The zero-order valence-corrected chi connectivity index (χ0v) is 9.20. The summed E-state index contributed by atoms with van der Waals surface area (Å²) in [7, 11) is 0. The van der Waals surface area contributed by atoms with Gasteiger partial charge in [0.25, 0.3) is 0 Å². The van der Waals surface area contributed by atoms with E-state index in [9.17, 15) is 9.59 Å². The number of carbonyl (C=O) groups is 1. The Kier molecular flexibility index (Phi) is 4.60. The fraction of sp³-hybridized carbons (Fsp3) is 0.800. The third-order valence-corrected chi connectivity index (χ3v) is 1.94. The van der Waals surface area contributed by atoms with Gasteiger partial charge in [0.1, 0.15) is 0 Å². The van der Waals surface area contributed by atoms with Crippen LogP contribution in [0.3, 0.4) is 0 Å². The van der Waals surface area contributed by atoms with Crippen LogP contribution in [0.1, 0.15) is 34.1 Å². The molecule has 0 aromatic heterocycles. The molecule has 1 atom stereocenters. The molecule has 14 heavy (non-hydrogen) atoms. The van der Waals surface area contributed by atoms with E-state index in [1.54, 1.807) is 0 Å². The van der Waals surface area contributed by atoms with Crippen LogP contribution < -0.4 is 0 Å². The summed E-state index contributed by atoms with van der Waals surface area (Å²) >= 11 is 0. The van der Waals surface area contributed by atoms with Crippen LogP contribution in [-0.2, 0) is 9.59 Å². The molecular formula is C10H18NO3. The summed E-state index contributed by atoms with van der Waals surface area (Å²) in [5, 5.41) is 8.56. The molecule has 0 rings (SSSR count). The minimum atomic E-state index is -0.836. The zero-order valence-electron chi connectivity index (χ0n) is 9.20. The van der Waals surface area contributed by atoms with E-state index in [0.29, 0.717) is 6.54 Å². The second kappa shape index (κ2) is 4.98. The Morgan fingerprint density at radius 2 is 2.00 bits per heavy atom. The minimum absolute atomic E-state index is 0.0480. The highest BCUT2D eigenvalue weighted by Gasteiger charge is 2.22. The van der Waals surface area contributed by atoms with Crippen molar-refractivity contribution in [2.75, 3.05) is 6.54 Å². The van der Waals surface area contributed by atoms with Gasteiger partial charge in [0.05, 0.1) is 0 Å². The SMILES string of the molecule is CC(CC(=O)O)CN([C]=O)C(C)(C)C. The molecule has 1 amide bonds. The molecule has 4 heteroatoms. The van der Waals surface area contributed by atoms with Crippen molar-refractivity contribution in [2.24, 2.45) is 5.92 Å². The van der Waals surface area contributed by atoms with Crippen molar-refractivity contribution in [3.63, 3.8) is 0 Å². The Labute approximate surface area is 84.9 Å². The first-order valence-corrected chi connectivity index (χ1v) is 4.64. The molecule has 0 aliphatic carbocycles. The highest BCUT2D eigenvalue weighted by molar-refractivity contribution is 5.67. The number of aliphatic carboxylic acids is 1. The lowest BCUT2D eigenvalue weighted by Crippen LogP contribution is -2.43. The van der Waals surface area contributed by atoms with Crippen molar-refractivity contribution in [2.45, 2.75) is 39.7 Å². The van der Waals surface area contributed by atoms with E-state index in [-0.39, 0.29) is 17.9 Å². The van der Waals surface area contributed by atoms with Crippen LogP contribution in [0.25, 0.3) is 0 Å². The van der Waals surface area contributed by atoms with Gasteiger partial charge >= 0.3 is 12.4 Å². The second-order valence-corrected chi connectivity index (χ2v) is 4.58. The Balaban J connectivity index is 4.19. The molecule has 1 unspecified atom stereocenters. The summed E-state index contributed by atoms with van der Waals surface area (Å²) in [4.78, 5) is 22.5. The second-order valence-electron chi connectivity index (χ2n) is 4.58. The summed E-state index contributed by atoms with van der Waals surface area (Å²) < 4.78 is 0. The number of amides is 1. The summed E-state index contributed by atoms with van der Waals surface area (Å²) in [6.45, 7) is 7.92. The standard InChI is InChI=1S/C10H18NO3/c1-8(5-9(13)14)6-11(7-12)10(2,3)4/h8H,5-6H2,1-4H3,(H,13,14). The van der Waals surface area contributed by atoms with Gasteiger partial charge in [-0.25, -0.2) is 0 Å². The van der Waals surface area contributed by atoms with E-state index < -0.39 is 5.97 Å². The highest BCUT2D eigenvalue weighted by atomic mass is 16.4. The van der Waals surface area contributed by atoms with E-state index in [4.69, 9.17) is 5.11 Å². The maximum absolute atomic E-state index is 10.6. The summed E-state index contributed by atoms with van der Waals surface area (Å²) in [6, 6.07) is 0. The number of carboxylic acid groups (broad SMARTS) is 1. The molecule has 0 spiro atoms. The third kappa shape index (κ3) is 4.84. The van der Waals surface area contributed by atoms with E-state index >= 15 is 0 Å². The maximum Gasteiger partial charge on any atom is 0.312 e. The highest BCUT2D eigenvalue weighted by Crippen LogP contribution is 2.14. The molecule has 1 N–H and O–H groups in total. The van der Waals surface area contributed by atoms with E-state index in [1.807, 2.05) is 34.1 Å². The number of nitrogens with zero attached hydrogens (tertiary/aromatic N) is 1. The van der Waals surface area contributed by atoms with Crippen molar-refractivity contribution in [1.82, 2.24) is 4.90 Å². The predicted molar refractivity (Wildman–Crippen MR) is 53.6 cm³/mol. The van der Waals surface area contributed by atoms with E-state index in [1.165, 1.54) is 4.90 Å². The van der Waals surface area contributed by atoms with Crippen LogP contribution in [0.4, 0.5) is 0 Å². The topological polar surface area (TPSA) is 57.6 Å². The van der Waals surface area contributed by atoms with Crippen molar-refractivity contribution in [3.05, 3.63) is 0 Å². The molecule has 0 heterocycles. The predicted octanol–water partition coefficient (Wildman–Crippen LogP) is 1.26. The van der Waals surface area contributed by atoms with Gasteiger partial charge in [-0.15, -0.1) is 0 Å². The smallest absolute Gasteiger partial charge is 0.312 e. The molecule has 0 bridgehead atoms. The van der Waals surface area contributed by atoms with Gasteiger partial charge in [-0.05, 0) is 26.7 Å². The summed E-state index contributed by atoms with van der Waals surface area (Å²) in [5.41, 5.74) is -0.297. The Bertz CT molecular complexity index is 208. The van der Waals surface area contributed by atoms with Crippen molar-refractivity contribution in [3.8, 4) is 0 Å². The van der Waals surface area contributed by atoms with Crippen LogP contribution in [0.5, 0.6) is 0 Å². The van der Waals surface area contributed by atoms with Crippen LogP contribution in [-0.4, -0.2) is 34.5 Å². The average Bonchev–Trinajstić information content (AvgIpc) is 1.96. The lowest BCUT2D eigenvalue weighted by molar-refractivity contribution is -0.138. The number of hydrogen-bond acceptors (Lipinski definition) is 2. The monoisotopic (exact) mass is 200 g/mol. The average molecular weight is 200 g/mol. The first-order valence-electron chi connectivity index (χ1n) is 4.64. The molecule has 0 saturated heterocycles. The van der Waals surface area contributed by atoms with Crippen LogP contribution in [0, 0.1) is 5.92 Å². The normalized spacial score (nSPS) is 13.4. The van der Waals surface area contributed by atoms with Crippen molar-refractivity contribution in [1.29, 1.82) is 0 Å². The maximum atomic E-state index is 10.6. The van der Waals surface area contributed by atoms with Gasteiger partial charge in [0.2, 0.25) is 0 Å². The van der Waals surface area contributed by atoms with E-state index in [0.717, 1.165) is 0 Å². The summed E-state index contributed by atoms with van der Waals surface area (Å²) in [5.74, 6) is -0.884. The molecule has 1 radical (unpaired) electrons. The van der Waals surface area contributed by atoms with Gasteiger partial charge in [-0.1, -0.05) is 6.92 Å². The quantitative estimate of drug-likeness (QED) is 0.680. The van der Waals surface area contributed by atoms with Gasteiger partial charge in [-0.3, -0.25) is 9.59 Å². The Morgan fingerprint density at radius 3 is 2.29 bits per heavy atom. The van der Waals surface area contributed by atoms with E-state index in [2.05, 4.69) is 0 Å². The fourth-order valence-electron chi connectivity index (χ4n) is 1.12. The van der Waals surface area contributed by atoms with Crippen LogP contribution in [0.2, 0.25) is 0 Å². The molecule has 0 aliphatic rings. The van der Waals surface area contributed by atoms with Gasteiger partial charge in [0.15, 0.2) is 0 Å². The molecule has 81 valence electrons. The first kappa shape index (κ1) is 12.9. The number of carboxylic acids is 1. The fourth-order valence-corrected chi connectivity index (χ4v) is 1.12. The van der Waals surface area contributed by atoms with Crippen LogP contribution >= 0.6 is 0 Å². The molecule has 0 aliphatic heterocycles. The van der Waals surface area contributed by atoms with Crippen LogP contribution in [0.15, 0.2) is 0 Å². The molecular weight excluding hydrogens is 182 g/mol. The molecule has 0 aromatic carbocycles. The minimum Gasteiger partial charge on any atom is -0.481 e. The lowest BCUT2D eigenvalue weighted by Gasteiger charge is -2.33. The Hall–Kier alpha value is -1.06. The molecule has 0 saturated carbocycles. The number of carbonyl (C=O) groups excluding carboxylic acids is 1.